The third-order valence-corrected chi connectivity index (χ3v) is 5.12. The number of halogens is 1. The molecule has 0 fully saturated rings. The first-order valence-corrected chi connectivity index (χ1v) is 9.30. The molecule has 0 atom stereocenters. The highest BCUT2D eigenvalue weighted by Gasteiger charge is 2.17. The van der Waals surface area contributed by atoms with Crippen LogP contribution in [0.2, 0.25) is 0 Å². The van der Waals surface area contributed by atoms with Gasteiger partial charge in [0.2, 0.25) is 5.76 Å². The Morgan fingerprint density at radius 3 is 2.82 bits per heavy atom. The molecule has 0 bridgehead atoms. The molecular formula is C19H15FN4O3S. The summed E-state index contributed by atoms with van der Waals surface area (Å²) in [4.78, 5) is 20.3. The van der Waals surface area contributed by atoms with E-state index in [0.29, 0.717) is 22.8 Å². The monoisotopic (exact) mass is 398 g/mol. The van der Waals surface area contributed by atoms with Crippen molar-refractivity contribution < 1.29 is 18.3 Å². The van der Waals surface area contributed by atoms with Crippen molar-refractivity contribution in [1.29, 1.82) is 0 Å². The fourth-order valence-electron chi connectivity index (χ4n) is 2.76. The third kappa shape index (κ3) is 3.36. The molecule has 0 aliphatic heterocycles. The first-order chi connectivity index (χ1) is 13.6. The molecular weight excluding hydrogens is 383 g/mol. The summed E-state index contributed by atoms with van der Waals surface area (Å²) >= 11 is 1.45. The molecule has 9 heteroatoms. The summed E-state index contributed by atoms with van der Waals surface area (Å²) in [6.07, 6.45) is 3.13. The molecule has 3 heterocycles. The number of thioether (sulfide) groups is 1. The largest absolute Gasteiger partial charge is 0.463 e. The number of furan rings is 1. The van der Waals surface area contributed by atoms with E-state index in [2.05, 4.69) is 15.1 Å². The Morgan fingerprint density at radius 2 is 2.07 bits per heavy atom. The Labute approximate surface area is 163 Å². The number of ether oxygens (including phenoxy) is 1. The molecule has 0 saturated heterocycles. The maximum absolute atomic E-state index is 13.2. The number of aryl methyl sites for hydroxylation is 1. The fraction of sp³-hybridized carbons (Fsp3) is 0.158. The van der Waals surface area contributed by atoms with Gasteiger partial charge in [0.1, 0.15) is 22.9 Å². The lowest BCUT2D eigenvalue weighted by atomic mass is 10.3. The molecule has 0 radical (unpaired) electrons. The minimum absolute atomic E-state index is 0.204. The van der Waals surface area contributed by atoms with E-state index < -0.39 is 5.97 Å². The van der Waals surface area contributed by atoms with Crippen LogP contribution in [0.4, 0.5) is 4.39 Å². The van der Waals surface area contributed by atoms with E-state index in [1.165, 1.54) is 37.3 Å². The number of carbonyl (C=O) groups is 1. The first-order valence-electron chi connectivity index (χ1n) is 8.32. The number of hydrogen-bond donors (Lipinski definition) is 0. The number of fused-ring (bicyclic) bond motifs is 1. The average molecular weight is 398 g/mol. The quantitative estimate of drug-likeness (QED) is 0.286. The van der Waals surface area contributed by atoms with Crippen LogP contribution < -0.4 is 0 Å². The van der Waals surface area contributed by atoms with Gasteiger partial charge < -0.3 is 9.15 Å². The molecule has 0 aliphatic rings. The zero-order valence-electron chi connectivity index (χ0n) is 15.0. The number of hydrogen-bond acceptors (Lipinski definition) is 7. The van der Waals surface area contributed by atoms with E-state index in [9.17, 15) is 9.18 Å². The van der Waals surface area contributed by atoms with Gasteiger partial charge in [-0.25, -0.2) is 23.8 Å². The number of methoxy groups -OCH3 is 1. The van der Waals surface area contributed by atoms with Crippen LogP contribution in [0, 0.1) is 12.7 Å². The molecule has 1 aromatic carbocycles. The molecule has 0 saturated carbocycles. The summed E-state index contributed by atoms with van der Waals surface area (Å²) in [6, 6.07) is 7.82. The number of nitrogens with zero attached hydrogens (tertiary/aromatic N) is 4. The molecule has 28 heavy (non-hydrogen) atoms. The molecule has 0 spiro atoms. The van der Waals surface area contributed by atoms with Crippen LogP contribution in [0.5, 0.6) is 0 Å². The molecule has 0 unspecified atom stereocenters. The van der Waals surface area contributed by atoms with E-state index in [1.54, 1.807) is 36.0 Å². The van der Waals surface area contributed by atoms with Crippen molar-refractivity contribution in [2.75, 3.05) is 7.11 Å². The molecule has 142 valence electrons. The summed E-state index contributed by atoms with van der Waals surface area (Å²) in [5.74, 6) is 0.506. The lowest BCUT2D eigenvalue weighted by molar-refractivity contribution is 0.0562. The van der Waals surface area contributed by atoms with Crippen molar-refractivity contribution in [1.82, 2.24) is 19.7 Å². The van der Waals surface area contributed by atoms with E-state index >= 15 is 0 Å². The highest BCUT2D eigenvalue weighted by Crippen LogP contribution is 2.29. The molecule has 4 rings (SSSR count). The molecule has 3 aromatic heterocycles. The van der Waals surface area contributed by atoms with E-state index in [4.69, 9.17) is 9.15 Å². The number of benzene rings is 1. The summed E-state index contributed by atoms with van der Waals surface area (Å²) < 4.78 is 25.1. The van der Waals surface area contributed by atoms with Gasteiger partial charge in [0.25, 0.3) is 0 Å². The lowest BCUT2D eigenvalue weighted by Crippen LogP contribution is -2.00. The average Bonchev–Trinajstić information content (AvgIpc) is 3.30. The van der Waals surface area contributed by atoms with Crippen LogP contribution in [-0.4, -0.2) is 32.8 Å². The standard InChI is InChI=1S/C19H15FN4O3S/c1-11-7-14(27-16(11)19(25)26-2)9-28-18-15-8-23-24(17(15)21-10-22-18)13-5-3-12(20)4-6-13/h3-8,10H,9H2,1-2H3. The Balaban J connectivity index is 1.60. The van der Waals surface area contributed by atoms with Crippen LogP contribution in [0.3, 0.4) is 0 Å². The smallest absolute Gasteiger partial charge is 0.374 e. The van der Waals surface area contributed by atoms with Crippen LogP contribution in [-0.2, 0) is 10.5 Å². The Kier molecular flexibility index (Phi) is 4.82. The Hall–Kier alpha value is -3.20. The normalized spacial score (nSPS) is 11.1. The second kappa shape index (κ2) is 7.43. The van der Waals surface area contributed by atoms with Crippen LogP contribution in [0.1, 0.15) is 21.9 Å². The minimum Gasteiger partial charge on any atom is -0.463 e. The van der Waals surface area contributed by atoms with Gasteiger partial charge in [0.05, 0.1) is 30.1 Å². The number of carbonyl (C=O) groups excluding carboxylic acids is 1. The summed E-state index contributed by atoms with van der Waals surface area (Å²) in [5, 5.41) is 5.86. The fourth-order valence-corrected chi connectivity index (χ4v) is 3.61. The first kappa shape index (κ1) is 18.2. The third-order valence-electron chi connectivity index (χ3n) is 4.09. The minimum atomic E-state index is -0.501. The van der Waals surface area contributed by atoms with Crippen molar-refractivity contribution in [2.24, 2.45) is 0 Å². The van der Waals surface area contributed by atoms with Crippen molar-refractivity contribution >= 4 is 28.8 Å². The maximum Gasteiger partial charge on any atom is 0.374 e. The lowest BCUT2D eigenvalue weighted by Gasteiger charge is -2.04. The molecule has 0 amide bonds. The van der Waals surface area contributed by atoms with Gasteiger partial charge in [-0.15, -0.1) is 0 Å². The Morgan fingerprint density at radius 1 is 1.29 bits per heavy atom. The molecule has 0 N–H and O–H groups in total. The van der Waals surface area contributed by atoms with Crippen LogP contribution in [0.15, 0.2) is 52.3 Å². The SMILES string of the molecule is COC(=O)c1oc(CSc2ncnc3c2cnn3-c2ccc(F)cc2)cc1C. The van der Waals surface area contributed by atoms with Crippen molar-refractivity contribution in [3.8, 4) is 5.69 Å². The summed E-state index contributed by atoms with van der Waals surface area (Å²) in [5.41, 5.74) is 2.05. The topological polar surface area (TPSA) is 83.0 Å². The molecule has 7 nitrogen and oxygen atoms in total. The zero-order valence-corrected chi connectivity index (χ0v) is 15.9. The summed E-state index contributed by atoms with van der Waals surface area (Å²) in [6.45, 7) is 1.79. The predicted octanol–water partition coefficient (Wildman–Crippen LogP) is 3.93. The van der Waals surface area contributed by atoms with Gasteiger partial charge in [-0.3, -0.25) is 0 Å². The van der Waals surface area contributed by atoms with E-state index in [1.807, 2.05) is 0 Å². The van der Waals surface area contributed by atoms with Crippen LogP contribution >= 0.6 is 11.8 Å². The molecule has 0 aliphatic carbocycles. The Bertz CT molecular complexity index is 1150. The van der Waals surface area contributed by atoms with Crippen molar-refractivity contribution in [2.45, 2.75) is 17.7 Å². The van der Waals surface area contributed by atoms with Gasteiger partial charge >= 0.3 is 5.97 Å². The zero-order chi connectivity index (χ0) is 19.7. The summed E-state index contributed by atoms with van der Waals surface area (Å²) in [7, 11) is 1.31. The highest BCUT2D eigenvalue weighted by atomic mass is 32.2. The van der Waals surface area contributed by atoms with Gasteiger partial charge in [-0.1, -0.05) is 11.8 Å². The van der Waals surface area contributed by atoms with Gasteiger partial charge in [-0.2, -0.15) is 5.10 Å². The maximum atomic E-state index is 13.2. The predicted molar refractivity (Wildman–Crippen MR) is 101 cm³/mol. The number of aromatic nitrogens is 4. The van der Waals surface area contributed by atoms with Crippen LogP contribution in [0.25, 0.3) is 16.7 Å². The number of esters is 1. The van der Waals surface area contributed by atoms with Gasteiger partial charge in [0, 0.05) is 5.56 Å². The van der Waals surface area contributed by atoms with Crippen molar-refractivity contribution in [3.05, 3.63) is 65.8 Å². The van der Waals surface area contributed by atoms with E-state index in [0.717, 1.165) is 16.0 Å². The van der Waals surface area contributed by atoms with Gasteiger partial charge in [-0.05, 0) is 37.3 Å². The van der Waals surface area contributed by atoms with E-state index in [-0.39, 0.29) is 11.6 Å². The highest BCUT2D eigenvalue weighted by molar-refractivity contribution is 7.98. The second-order valence-corrected chi connectivity index (χ2v) is 6.92. The second-order valence-electron chi connectivity index (χ2n) is 5.95. The van der Waals surface area contributed by atoms with Crippen molar-refractivity contribution in [3.63, 3.8) is 0 Å². The molecule has 4 aromatic rings. The van der Waals surface area contributed by atoms with Gasteiger partial charge in [0.15, 0.2) is 5.65 Å². The number of rotatable bonds is 5.